The summed E-state index contributed by atoms with van der Waals surface area (Å²) in [5, 5.41) is 21.6. The van der Waals surface area contributed by atoms with Gasteiger partial charge in [-0.05, 0) is 36.8 Å². The number of carbonyl (C=O) groups is 3. The van der Waals surface area contributed by atoms with Crippen LogP contribution < -0.4 is 15.1 Å². The third kappa shape index (κ3) is 5.62. The maximum absolute atomic E-state index is 14.5. The van der Waals surface area contributed by atoms with E-state index in [0.717, 1.165) is 9.80 Å². The fourth-order valence-electron chi connectivity index (χ4n) is 5.12. The molecule has 2 atom stereocenters. The second-order valence-corrected chi connectivity index (χ2v) is 10.3. The lowest BCUT2D eigenvalue weighted by atomic mass is 9.87. The minimum Gasteiger partial charge on any atom is -0.351 e. The number of rotatable bonds is 7. The summed E-state index contributed by atoms with van der Waals surface area (Å²) in [7, 11) is 0. The number of alkyl halides is 2. The third-order valence-electron chi connectivity index (χ3n) is 7.10. The van der Waals surface area contributed by atoms with Gasteiger partial charge in [-0.15, -0.1) is 0 Å². The van der Waals surface area contributed by atoms with Gasteiger partial charge in [-0.2, -0.15) is 10.5 Å². The van der Waals surface area contributed by atoms with Crippen molar-refractivity contribution in [3.05, 3.63) is 82.6 Å². The van der Waals surface area contributed by atoms with E-state index in [9.17, 15) is 33.7 Å². The molecule has 1 saturated carbocycles. The molecule has 1 aliphatic carbocycles. The van der Waals surface area contributed by atoms with Gasteiger partial charge < -0.3 is 5.32 Å². The Morgan fingerprint density at radius 3 is 2.57 bits per heavy atom. The Labute approximate surface area is 244 Å². The maximum atomic E-state index is 14.5. The lowest BCUT2D eigenvalue weighted by molar-refractivity contribution is -0.133. The second-order valence-electron chi connectivity index (χ2n) is 9.94. The number of hydrogen-bond acceptors (Lipinski definition) is 7. The first-order chi connectivity index (χ1) is 20.1. The van der Waals surface area contributed by atoms with E-state index >= 15 is 0 Å². The van der Waals surface area contributed by atoms with Gasteiger partial charge in [0, 0.05) is 47.8 Å². The number of amides is 3. The highest BCUT2D eigenvalue weighted by Gasteiger charge is 2.48. The zero-order chi connectivity index (χ0) is 30.0. The molecule has 1 unspecified atom stereocenters. The monoisotopic (exact) mass is 589 g/mol. The van der Waals surface area contributed by atoms with Gasteiger partial charge in [0.05, 0.1) is 11.6 Å². The van der Waals surface area contributed by atoms with E-state index in [1.165, 1.54) is 48.7 Å². The molecule has 2 aromatic carbocycles. The molecular formula is C29H22ClF2N7O3. The predicted molar refractivity (Wildman–Crippen MR) is 146 cm³/mol. The Morgan fingerprint density at radius 1 is 1.12 bits per heavy atom. The average Bonchev–Trinajstić information content (AvgIpc) is 3.36. The zero-order valence-corrected chi connectivity index (χ0v) is 22.6. The fourth-order valence-corrected chi connectivity index (χ4v) is 5.36. The van der Waals surface area contributed by atoms with E-state index in [-0.39, 0.29) is 46.3 Å². The highest BCUT2D eigenvalue weighted by Crippen LogP contribution is 2.39. The first-order valence-electron chi connectivity index (χ1n) is 12.9. The Balaban J connectivity index is 1.62. The van der Waals surface area contributed by atoms with Crippen LogP contribution in [0.25, 0.3) is 0 Å². The van der Waals surface area contributed by atoms with Crippen LogP contribution in [0.2, 0.25) is 5.02 Å². The van der Waals surface area contributed by atoms with Crippen LogP contribution in [0, 0.1) is 22.7 Å². The number of hydrogen-bond donors (Lipinski definition) is 1. The smallest absolute Gasteiger partial charge is 0.252 e. The molecule has 0 spiro atoms. The van der Waals surface area contributed by atoms with Gasteiger partial charge in [0.25, 0.3) is 11.8 Å². The number of carbonyl (C=O) groups excluding carboxylic acids is 3. The molecule has 1 aliphatic heterocycles. The van der Waals surface area contributed by atoms with E-state index in [0.29, 0.717) is 0 Å². The Morgan fingerprint density at radius 2 is 1.88 bits per heavy atom. The van der Waals surface area contributed by atoms with Gasteiger partial charge in [-0.25, -0.2) is 18.7 Å². The highest BCUT2D eigenvalue weighted by molar-refractivity contribution is 6.31. The summed E-state index contributed by atoms with van der Waals surface area (Å²) in [6.07, 6.45) is 0.184. The molecule has 42 heavy (non-hydrogen) atoms. The van der Waals surface area contributed by atoms with Crippen molar-refractivity contribution >= 4 is 41.0 Å². The van der Waals surface area contributed by atoms with Crippen molar-refractivity contribution < 1.29 is 23.2 Å². The van der Waals surface area contributed by atoms with Gasteiger partial charge in [0.15, 0.2) is 0 Å². The molecule has 2 fully saturated rings. The van der Waals surface area contributed by atoms with Crippen LogP contribution in [0.5, 0.6) is 0 Å². The van der Waals surface area contributed by atoms with Gasteiger partial charge in [-0.1, -0.05) is 35.9 Å². The summed E-state index contributed by atoms with van der Waals surface area (Å²) in [6.45, 7) is 0. The number of nitriles is 2. The summed E-state index contributed by atoms with van der Waals surface area (Å²) in [5.41, 5.74) is 0.517. The Hall–Kier alpha value is -4.94. The molecule has 2 heterocycles. The predicted octanol–water partition coefficient (Wildman–Crippen LogP) is 4.06. The summed E-state index contributed by atoms with van der Waals surface area (Å²) in [4.78, 5) is 51.8. The van der Waals surface area contributed by atoms with E-state index < -0.39 is 54.6 Å². The van der Waals surface area contributed by atoms with Crippen LogP contribution in [0.4, 0.5) is 20.4 Å². The number of halogens is 3. The van der Waals surface area contributed by atoms with E-state index in [1.54, 1.807) is 12.1 Å². The van der Waals surface area contributed by atoms with Crippen LogP contribution in [0.1, 0.15) is 48.5 Å². The highest BCUT2D eigenvalue weighted by atomic mass is 35.5. The molecule has 0 radical (unpaired) electrons. The lowest BCUT2D eigenvalue weighted by Crippen LogP contribution is -2.56. The van der Waals surface area contributed by atoms with Gasteiger partial charge in [0.2, 0.25) is 17.8 Å². The van der Waals surface area contributed by atoms with Crippen molar-refractivity contribution in [3.8, 4) is 12.1 Å². The molecule has 212 valence electrons. The fraction of sp³-hybridized carbons (Fsp3) is 0.276. The molecule has 13 heteroatoms. The van der Waals surface area contributed by atoms with Crippen molar-refractivity contribution in [2.75, 3.05) is 9.80 Å². The second kappa shape index (κ2) is 11.5. The average molecular weight is 590 g/mol. The van der Waals surface area contributed by atoms with Crippen molar-refractivity contribution in [1.82, 2.24) is 15.3 Å². The molecular weight excluding hydrogens is 568 g/mol. The normalized spacial score (nSPS) is 18.4. The molecule has 2 aliphatic rings. The molecule has 3 aromatic rings. The number of anilines is 2. The molecule has 10 nitrogen and oxygen atoms in total. The quantitative estimate of drug-likeness (QED) is 0.438. The van der Waals surface area contributed by atoms with Crippen LogP contribution in [-0.2, 0) is 14.4 Å². The summed E-state index contributed by atoms with van der Waals surface area (Å²) in [5.74, 6) is -5.02. The number of aromatic nitrogens is 2. The van der Waals surface area contributed by atoms with Crippen LogP contribution in [-0.4, -0.2) is 45.7 Å². The van der Waals surface area contributed by atoms with Crippen molar-refractivity contribution in [3.63, 3.8) is 0 Å². The standard InChI is InChI=1S/C29H22ClF2N7O3/c30-22-7-2-1-6-21(22)25(26(41)36-19-13-29(31,32)14-19)38(20-5-3-4-17(12-20)15-33)27(42)23-8-9-24(40)39(23)28-35-11-10-18(16-34)37-28/h1-7,10-12,19,23,25H,8-9,13-14H2,(H,36,41)/t23?,25-/m0/s1. The summed E-state index contributed by atoms with van der Waals surface area (Å²) >= 11 is 6.52. The Bertz CT molecular complexity index is 1650. The molecule has 1 saturated heterocycles. The number of benzene rings is 2. The van der Waals surface area contributed by atoms with Gasteiger partial charge in [-0.3, -0.25) is 24.2 Å². The van der Waals surface area contributed by atoms with Crippen LogP contribution in [0.3, 0.4) is 0 Å². The number of nitrogens with zero attached hydrogens (tertiary/aromatic N) is 6. The van der Waals surface area contributed by atoms with E-state index in [1.807, 2.05) is 12.1 Å². The summed E-state index contributed by atoms with van der Waals surface area (Å²) in [6, 6.07) is 14.0. The van der Waals surface area contributed by atoms with E-state index in [4.69, 9.17) is 11.6 Å². The van der Waals surface area contributed by atoms with Crippen molar-refractivity contribution in [2.24, 2.45) is 0 Å². The van der Waals surface area contributed by atoms with Gasteiger partial charge in [0.1, 0.15) is 23.8 Å². The van der Waals surface area contributed by atoms with Crippen LogP contribution in [0.15, 0.2) is 60.8 Å². The molecule has 0 bridgehead atoms. The Kier molecular flexibility index (Phi) is 7.83. The molecule has 1 N–H and O–H groups in total. The number of nitrogens with one attached hydrogen (secondary N) is 1. The van der Waals surface area contributed by atoms with Crippen molar-refractivity contribution in [2.45, 2.75) is 49.7 Å². The first kappa shape index (κ1) is 28.6. The summed E-state index contributed by atoms with van der Waals surface area (Å²) < 4.78 is 27.2. The van der Waals surface area contributed by atoms with Crippen molar-refractivity contribution in [1.29, 1.82) is 10.5 Å². The largest absolute Gasteiger partial charge is 0.351 e. The molecule has 3 amide bonds. The lowest BCUT2D eigenvalue weighted by Gasteiger charge is -2.39. The topological polar surface area (TPSA) is 143 Å². The van der Waals surface area contributed by atoms with Crippen LogP contribution >= 0.6 is 11.6 Å². The van der Waals surface area contributed by atoms with Gasteiger partial charge >= 0.3 is 0 Å². The van der Waals surface area contributed by atoms with E-state index in [2.05, 4.69) is 15.3 Å². The third-order valence-corrected chi connectivity index (χ3v) is 7.45. The maximum Gasteiger partial charge on any atom is 0.252 e. The minimum atomic E-state index is -2.91. The molecule has 1 aromatic heterocycles. The minimum absolute atomic E-state index is 0.0184. The first-order valence-corrected chi connectivity index (χ1v) is 13.3. The molecule has 5 rings (SSSR count). The zero-order valence-electron chi connectivity index (χ0n) is 21.9. The SMILES string of the molecule is N#Cc1cccc(N(C(=O)C2CCC(=O)N2c2nccc(C#N)n2)[C@H](C(=O)NC2CC(F)(F)C2)c2ccccc2Cl)c1.